The number of benzene rings is 1. The average Bonchev–Trinajstić information content (AvgIpc) is 3.01. The molecule has 5 nitrogen and oxygen atoms in total. The first-order chi connectivity index (χ1) is 10.8. The Morgan fingerprint density at radius 1 is 0.955 bits per heavy atom. The van der Waals surface area contributed by atoms with E-state index in [2.05, 4.69) is 20.0 Å². The fourth-order valence-corrected chi connectivity index (χ4v) is 2.92. The molecule has 1 aromatic carbocycles. The van der Waals surface area contributed by atoms with Crippen molar-refractivity contribution in [2.75, 3.05) is 18.0 Å². The number of anilines is 1. The molecule has 0 aliphatic carbocycles. The van der Waals surface area contributed by atoms with Gasteiger partial charge in [0, 0.05) is 13.1 Å². The van der Waals surface area contributed by atoms with Crippen molar-refractivity contribution in [2.24, 2.45) is 0 Å². The molecule has 3 heterocycles. The van der Waals surface area contributed by atoms with Gasteiger partial charge >= 0.3 is 0 Å². The smallest absolute Gasteiger partial charge is 0.174 e. The number of aromatic nitrogens is 4. The van der Waals surface area contributed by atoms with Crippen molar-refractivity contribution in [3.63, 3.8) is 0 Å². The first-order valence-electron chi connectivity index (χ1n) is 7.52. The Balaban J connectivity index is 1.77. The minimum absolute atomic E-state index is 0.274. The summed E-state index contributed by atoms with van der Waals surface area (Å²) in [4.78, 5) is 11.2. The van der Waals surface area contributed by atoms with Gasteiger partial charge in [-0.05, 0) is 31.4 Å². The third kappa shape index (κ3) is 2.20. The van der Waals surface area contributed by atoms with Gasteiger partial charge in [0.15, 0.2) is 5.82 Å². The summed E-state index contributed by atoms with van der Waals surface area (Å²) < 4.78 is 15.4. The molecule has 0 bridgehead atoms. The van der Waals surface area contributed by atoms with E-state index in [-0.39, 0.29) is 5.82 Å². The van der Waals surface area contributed by atoms with Crippen LogP contribution >= 0.6 is 0 Å². The summed E-state index contributed by atoms with van der Waals surface area (Å²) in [6, 6.07) is 4.95. The zero-order valence-corrected chi connectivity index (χ0v) is 12.1. The molecule has 1 aliphatic heterocycles. The van der Waals surface area contributed by atoms with Gasteiger partial charge < -0.3 is 4.90 Å². The monoisotopic (exact) mass is 297 g/mol. The van der Waals surface area contributed by atoms with Gasteiger partial charge in [0.1, 0.15) is 11.6 Å². The van der Waals surface area contributed by atoms with E-state index in [4.69, 9.17) is 0 Å². The van der Waals surface area contributed by atoms with Crippen LogP contribution in [0.15, 0.2) is 36.8 Å². The molecule has 0 atom stereocenters. The van der Waals surface area contributed by atoms with Crippen LogP contribution in [0.2, 0.25) is 0 Å². The minimum atomic E-state index is -0.274. The fraction of sp³-hybridized carbons (Fsp3) is 0.312. The minimum Gasteiger partial charge on any atom is -0.355 e. The second-order valence-electron chi connectivity index (χ2n) is 5.51. The van der Waals surface area contributed by atoms with Crippen molar-refractivity contribution in [2.45, 2.75) is 19.3 Å². The van der Waals surface area contributed by atoms with Crippen LogP contribution in [0.1, 0.15) is 19.3 Å². The number of piperidine rings is 1. The quantitative estimate of drug-likeness (QED) is 0.729. The maximum Gasteiger partial charge on any atom is 0.174 e. The Labute approximate surface area is 127 Å². The van der Waals surface area contributed by atoms with Crippen molar-refractivity contribution in [1.29, 1.82) is 0 Å². The highest BCUT2D eigenvalue weighted by Gasteiger charge is 2.15. The van der Waals surface area contributed by atoms with E-state index in [9.17, 15) is 4.39 Å². The summed E-state index contributed by atoms with van der Waals surface area (Å²) in [5, 5.41) is 4.76. The van der Waals surface area contributed by atoms with E-state index in [1.807, 2.05) is 6.07 Å². The van der Waals surface area contributed by atoms with Gasteiger partial charge in [0.2, 0.25) is 0 Å². The number of nitrogens with zero attached hydrogens (tertiary/aromatic N) is 5. The lowest BCUT2D eigenvalue weighted by Crippen LogP contribution is -2.30. The van der Waals surface area contributed by atoms with Gasteiger partial charge in [0.25, 0.3) is 0 Å². The number of fused-ring (bicyclic) bond motifs is 1. The van der Waals surface area contributed by atoms with Crippen LogP contribution in [0.3, 0.4) is 0 Å². The molecule has 4 rings (SSSR count). The van der Waals surface area contributed by atoms with Crippen LogP contribution in [0.5, 0.6) is 0 Å². The van der Waals surface area contributed by atoms with Crippen molar-refractivity contribution in [3.8, 4) is 5.82 Å². The topological polar surface area (TPSA) is 46.8 Å². The second kappa shape index (κ2) is 5.36. The molecule has 1 fully saturated rings. The Bertz CT molecular complexity index is 807. The van der Waals surface area contributed by atoms with Gasteiger partial charge in [0.05, 0.1) is 29.5 Å². The first-order valence-corrected chi connectivity index (χ1v) is 7.52. The van der Waals surface area contributed by atoms with E-state index >= 15 is 0 Å². The highest BCUT2D eigenvalue weighted by Crippen LogP contribution is 2.22. The average molecular weight is 297 g/mol. The fourth-order valence-electron chi connectivity index (χ4n) is 2.92. The van der Waals surface area contributed by atoms with E-state index in [0.717, 1.165) is 18.9 Å². The Hall–Kier alpha value is -2.50. The van der Waals surface area contributed by atoms with Gasteiger partial charge in [-0.1, -0.05) is 6.07 Å². The molecule has 0 saturated carbocycles. The molecule has 2 aromatic heterocycles. The number of hydrogen-bond donors (Lipinski definition) is 0. The van der Waals surface area contributed by atoms with Crippen LogP contribution in [-0.4, -0.2) is 32.8 Å². The lowest BCUT2D eigenvalue weighted by atomic mass is 10.1. The van der Waals surface area contributed by atoms with Crippen molar-refractivity contribution in [1.82, 2.24) is 19.7 Å². The van der Waals surface area contributed by atoms with Crippen LogP contribution in [-0.2, 0) is 0 Å². The van der Waals surface area contributed by atoms with Crippen LogP contribution in [0, 0.1) is 5.82 Å². The summed E-state index contributed by atoms with van der Waals surface area (Å²) in [7, 11) is 0. The number of rotatable bonds is 2. The van der Waals surface area contributed by atoms with E-state index in [1.54, 1.807) is 23.1 Å². The molecular formula is C16H16FN5. The molecule has 112 valence electrons. The van der Waals surface area contributed by atoms with E-state index < -0.39 is 0 Å². The molecule has 6 heteroatoms. The molecule has 0 radical (unpaired) electrons. The lowest BCUT2D eigenvalue weighted by Gasteiger charge is -2.27. The second-order valence-corrected chi connectivity index (χ2v) is 5.51. The predicted octanol–water partition coefficient (Wildman–Crippen LogP) is 2.94. The van der Waals surface area contributed by atoms with Crippen LogP contribution < -0.4 is 4.90 Å². The van der Waals surface area contributed by atoms with Crippen LogP contribution in [0.25, 0.3) is 16.7 Å². The zero-order chi connectivity index (χ0) is 14.9. The molecule has 0 N–H and O–H groups in total. The zero-order valence-electron chi connectivity index (χ0n) is 12.1. The van der Waals surface area contributed by atoms with Crippen molar-refractivity contribution < 1.29 is 4.39 Å². The first kappa shape index (κ1) is 13.2. The SMILES string of the molecule is Fc1cccc2c1cnn2-c1cncc(N2CCCCC2)n1. The summed E-state index contributed by atoms with van der Waals surface area (Å²) >= 11 is 0. The third-order valence-electron chi connectivity index (χ3n) is 4.07. The number of hydrogen-bond acceptors (Lipinski definition) is 4. The Kier molecular flexibility index (Phi) is 3.21. The summed E-state index contributed by atoms with van der Waals surface area (Å²) in [5.74, 6) is 1.20. The molecule has 3 aromatic rings. The highest BCUT2D eigenvalue weighted by atomic mass is 19.1. The molecule has 1 aliphatic rings. The molecule has 0 amide bonds. The molecular weight excluding hydrogens is 281 g/mol. The largest absolute Gasteiger partial charge is 0.355 e. The summed E-state index contributed by atoms with van der Waals surface area (Å²) in [6.45, 7) is 2.01. The number of halogens is 1. The maximum absolute atomic E-state index is 13.8. The highest BCUT2D eigenvalue weighted by molar-refractivity contribution is 5.80. The maximum atomic E-state index is 13.8. The third-order valence-corrected chi connectivity index (χ3v) is 4.07. The normalized spacial score (nSPS) is 15.4. The van der Waals surface area contributed by atoms with Gasteiger partial charge in [-0.25, -0.2) is 14.1 Å². The van der Waals surface area contributed by atoms with Crippen LogP contribution in [0.4, 0.5) is 10.2 Å². The van der Waals surface area contributed by atoms with E-state index in [0.29, 0.717) is 16.7 Å². The summed E-state index contributed by atoms with van der Waals surface area (Å²) in [5.41, 5.74) is 0.699. The van der Waals surface area contributed by atoms with Gasteiger partial charge in [-0.2, -0.15) is 5.10 Å². The van der Waals surface area contributed by atoms with Crippen molar-refractivity contribution in [3.05, 3.63) is 42.6 Å². The molecule has 0 unspecified atom stereocenters. The molecule has 0 spiro atoms. The predicted molar refractivity (Wildman–Crippen MR) is 82.7 cm³/mol. The molecule has 22 heavy (non-hydrogen) atoms. The van der Waals surface area contributed by atoms with E-state index in [1.165, 1.54) is 31.5 Å². The standard InChI is InChI=1S/C16H16FN5/c17-13-5-4-6-14-12(13)9-19-22(14)16-11-18-10-15(20-16)21-7-2-1-3-8-21/h4-6,9-11H,1-3,7-8H2. The summed E-state index contributed by atoms with van der Waals surface area (Å²) in [6.07, 6.45) is 8.60. The Morgan fingerprint density at radius 3 is 2.64 bits per heavy atom. The Morgan fingerprint density at radius 2 is 1.77 bits per heavy atom. The molecule has 1 saturated heterocycles. The van der Waals surface area contributed by atoms with Gasteiger partial charge in [-0.15, -0.1) is 0 Å². The lowest BCUT2D eigenvalue weighted by molar-refractivity contribution is 0.572. The van der Waals surface area contributed by atoms with Gasteiger partial charge in [-0.3, -0.25) is 4.98 Å². The van der Waals surface area contributed by atoms with Crippen molar-refractivity contribution >= 4 is 16.7 Å².